The van der Waals surface area contributed by atoms with Gasteiger partial charge in [0.1, 0.15) is 11.8 Å². The Morgan fingerprint density at radius 3 is 2.55 bits per heavy atom. The maximum Gasteiger partial charge on any atom is 0.322 e. The van der Waals surface area contributed by atoms with E-state index in [1.807, 2.05) is 52.0 Å². The number of furan rings is 1. The monoisotopic (exact) mass is 450 g/mol. The standard InChI is InChI=1S/C25H30N4O4/c1-5-28-19-14-29(22(15(2)3)23(30)26-13-18-7-6-12-33-18)24(31)20(19)21(27-25(28)32)17-10-8-16(4)9-11-17/h6-12,15,21-22H,5,13-14H2,1-4H3,(H,26,30)(H,27,32)/t21-,22+/m0/s1. The number of carbonyl (C=O) groups excluding carboxylic acids is 3. The van der Waals surface area contributed by atoms with Gasteiger partial charge in [0.25, 0.3) is 5.91 Å². The summed E-state index contributed by atoms with van der Waals surface area (Å²) in [7, 11) is 0. The Morgan fingerprint density at radius 2 is 1.94 bits per heavy atom. The Balaban J connectivity index is 1.64. The zero-order chi connectivity index (χ0) is 23.7. The molecule has 174 valence electrons. The van der Waals surface area contributed by atoms with Gasteiger partial charge in [0.05, 0.1) is 36.7 Å². The van der Waals surface area contributed by atoms with Crippen molar-refractivity contribution in [3.63, 3.8) is 0 Å². The molecule has 8 heteroatoms. The van der Waals surface area contributed by atoms with E-state index in [1.54, 1.807) is 28.2 Å². The molecule has 8 nitrogen and oxygen atoms in total. The van der Waals surface area contributed by atoms with Gasteiger partial charge in [-0.1, -0.05) is 43.7 Å². The van der Waals surface area contributed by atoms with E-state index in [1.165, 1.54) is 0 Å². The molecule has 4 amide bonds. The summed E-state index contributed by atoms with van der Waals surface area (Å²) >= 11 is 0. The summed E-state index contributed by atoms with van der Waals surface area (Å²) < 4.78 is 5.30. The molecule has 2 atom stereocenters. The number of likely N-dealkylation sites (N-methyl/N-ethyl adjacent to an activating group) is 1. The molecule has 1 aromatic carbocycles. The predicted molar refractivity (Wildman–Crippen MR) is 123 cm³/mol. The van der Waals surface area contributed by atoms with Crippen LogP contribution in [0.15, 0.2) is 58.3 Å². The van der Waals surface area contributed by atoms with Crippen LogP contribution in [0.2, 0.25) is 0 Å². The molecule has 0 saturated carbocycles. The van der Waals surface area contributed by atoms with Gasteiger partial charge in [-0.2, -0.15) is 0 Å². The van der Waals surface area contributed by atoms with Crippen LogP contribution < -0.4 is 10.6 Å². The minimum atomic E-state index is -0.675. The number of rotatable bonds is 7. The zero-order valence-electron chi connectivity index (χ0n) is 19.4. The van der Waals surface area contributed by atoms with Crippen molar-refractivity contribution in [2.45, 2.75) is 46.3 Å². The Labute approximate surface area is 193 Å². The van der Waals surface area contributed by atoms with Gasteiger partial charge in [-0.25, -0.2) is 4.79 Å². The average molecular weight is 451 g/mol. The minimum Gasteiger partial charge on any atom is -0.467 e. The van der Waals surface area contributed by atoms with Gasteiger partial charge in [-0.05, 0) is 37.5 Å². The summed E-state index contributed by atoms with van der Waals surface area (Å²) in [5.41, 5.74) is 3.14. The molecule has 2 aliphatic heterocycles. The second-order valence-corrected chi connectivity index (χ2v) is 8.82. The van der Waals surface area contributed by atoms with E-state index in [2.05, 4.69) is 10.6 Å². The van der Waals surface area contributed by atoms with Gasteiger partial charge in [0.15, 0.2) is 0 Å². The molecular formula is C25H30N4O4. The van der Waals surface area contributed by atoms with Crippen LogP contribution in [0.25, 0.3) is 0 Å². The van der Waals surface area contributed by atoms with Gasteiger partial charge >= 0.3 is 6.03 Å². The van der Waals surface area contributed by atoms with E-state index in [0.29, 0.717) is 23.6 Å². The molecular weight excluding hydrogens is 420 g/mol. The van der Waals surface area contributed by atoms with Crippen molar-refractivity contribution < 1.29 is 18.8 Å². The second kappa shape index (κ2) is 9.13. The van der Waals surface area contributed by atoms with E-state index in [0.717, 1.165) is 11.1 Å². The topological polar surface area (TPSA) is 94.9 Å². The molecule has 0 saturated heterocycles. The highest BCUT2D eigenvalue weighted by molar-refractivity contribution is 6.03. The maximum absolute atomic E-state index is 13.7. The Bertz CT molecular complexity index is 1070. The van der Waals surface area contributed by atoms with Crippen LogP contribution in [0.3, 0.4) is 0 Å². The van der Waals surface area contributed by atoms with Crippen LogP contribution in [-0.2, 0) is 16.1 Å². The maximum atomic E-state index is 13.7. The molecule has 2 N–H and O–H groups in total. The summed E-state index contributed by atoms with van der Waals surface area (Å²) in [5, 5.41) is 5.87. The lowest BCUT2D eigenvalue weighted by Crippen LogP contribution is -2.51. The van der Waals surface area contributed by atoms with Crippen LogP contribution in [0.1, 0.15) is 43.7 Å². The molecule has 33 heavy (non-hydrogen) atoms. The van der Waals surface area contributed by atoms with Crippen LogP contribution in [0.4, 0.5) is 4.79 Å². The van der Waals surface area contributed by atoms with Crippen molar-refractivity contribution in [3.05, 3.63) is 70.8 Å². The van der Waals surface area contributed by atoms with Crippen molar-refractivity contribution in [1.82, 2.24) is 20.4 Å². The number of nitrogens with one attached hydrogen (secondary N) is 2. The molecule has 2 aromatic rings. The smallest absolute Gasteiger partial charge is 0.322 e. The number of benzene rings is 1. The molecule has 4 rings (SSSR count). The number of amides is 4. The third kappa shape index (κ3) is 4.25. The van der Waals surface area contributed by atoms with Crippen molar-refractivity contribution in [3.8, 4) is 0 Å². The number of hydrogen-bond acceptors (Lipinski definition) is 4. The fourth-order valence-electron chi connectivity index (χ4n) is 4.58. The molecule has 0 unspecified atom stereocenters. The first-order valence-electron chi connectivity index (χ1n) is 11.3. The van der Waals surface area contributed by atoms with E-state index < -0.39 is 12.1 Å². The van der Waals surface area contributed by atoms with Gasteiger partial charge in [-0.15, -0.1) is 0 Å². The van der Waals surface area contributed by atoms with Crippen molar-refractivity contribution in [2.24, 2.45) is 5.92 Å². The van der Waals surface area contributed by atoms with Gasteiger partial charge in [0, 0.05) is 6.54 Å². The van der Waals surface area contributed by atoms with E-state index >= 15 is 0 Å². The fourth-order valence-corrected chi connectivity index (χ4v) is 4.58. The minimum absolute atomic E-state index is 0.122. The van der Waals surface area contributed by atoms with Crippen LogP contribution in [0.5, 0.6) is 0 Å². The van der Waals surface area contributed by atoms with Crippen LogP contribution in [-0.4, -0.2) is 46.8 Å². The first-order valence-corrected chi connectivity index (χ1v) is 11.3. The third-order valence-corrected chi connectivity index (χ3v) is 6.23. The Hall–Kier alpha value is -3.55. The number of carbonyl (C=O) groups is 3. The van der Waals surface area contributed by atoms with Gasteiger partial charge < -0.3 is 20.0 Å². The first-order chi connectivity index (χ1) is 15.8. The molecule has 0 spiro atoms. The Morgan fingerprint density at radius 1 is 1.21 bits per heavy atom. The lowest BCUT2D eigenvalue weighted by atomic mass is 9.94. The molecule has 0 aliphatic carbocycles. The summed E-state index contributed by atoms with van der Waals surface area (Å²) in [6.07, 6.45) is 1.55. The average Bonchev–Trinajstić information content (AvgIpc) is 3.41. The van der Waals surface area contributed by atoms with E-state index in [4.69, 9.17) is 4.42 Å². The molecule has 3 heterocycles. The lowest BCUT2D eigenvalue weighted by molar-refractivity contribution is -0.138. The highest BCUT2D eigenvalue weighted by Crippen LogP contribution is 2.37. The van der Waals surface area contributed by atoms with Gasteiger partial charge in [-0.3, -0.25) is 14.5 Å². The summed E-state index contributed by atoms with van der Waals surface area (Å²) in [6.45, 7) is 8.60. The molecule has 0 fully saturated rings. The Kier molecular flexibility index (Phi) is 6.26. The largest absolute Gasteiger partial charge is 0.467 e. The summed E-state index contributed by atoms with van der Waals surface area (Å²) in [4.78, 5) is 42.9. The summed E-state index contributed by atoms with van der Waals surface area (Å²) in [5.74, 6) is 0.0515. The lowest BCUT2D eigenvalue weighted by Gasteiger charge is -2.33. The highest BCUT2D eigenvalue weighted by Gasteiger charge is 2.47. The molecule has 0 radical (unpaired) electrons. The normalized spacial score (nSPS) is 19.1. The third-order valence-electron chi connectivity index (χ3n) is 6.23. The fraction of sp³-hybridized carbons (Fsp3) is 0.400. The first kappa shape index (κ1) is 22.6. The van der Waals surface area contributed by atoms with E-state index in [-0.39, 0.29) is 36.9 Å². The number of urea groups is 1. The van der Waals surface area contributed by atoms with Crippen molar-refractivity contribution in [2.75, 3.05) is 13.1 Å². The molecule has 0 bridgehead atoms. The predicted octanol–water partition coefficient (Wildman–Crippen LogP) is 3.11. The zero-order valence-corrected chi connectivity index (χ0v) is 19.4. The molecule has 2 aliphatic rings. The molecule has 1 aromatic heterocycles. The van der Waals surface area contributed by atoms with Crippen molar-refractivity contribution >= 4 is 17.8 Å². The number of hydrogen-bond donors (Lipinski definition) is 2. The quantitative estimate of drug-likeness (QED) is 0.678. The highest BCUT2D eigenvalue weighted by atomic mass is 16.3. The van der Waals surface area contributed by atoms with Gasteiger partial charge in [0.2, 0.25) is 5.91 Å². The number of nitrogens with zero attached hydrogens (tertiary/aromatic N) is 2. The van der Waals surface area contributed by atoms with Crippen LogP contribution >= 0.6 is 0 Å². The second-order valence-electron chi connectivity index (χ2n) is 8.82. The summed E-state index contributed by atoms with van der Waals surface area (Å²) in [6, 6.07) is 9.87. The number of aryl methyl sites for hydroxylation is 1. The SMILES string of the molecule is CCN1C(=O)N[C@@H](c2ccc(C)cc2)C2=C1CN([C@@H](C(=O)NCc1ccco1)C(C)C)C2=O. The van der Waals surface area contributed by atoms with Crippen molar-refractivity contribution in [1.29, 1.82) is 0 Å². The van der Waals surface area contributed by atoms with E-state index in [9.17, 15) is 14.4 Å². The van der Waals surface area contributed by atoms with Crippen LogP contribution in [0, 0.1) is 12.8 Å².